The van der Waals surface area contributed by atoms with E-state index in [0.29, 0.717) is 11.2 Å². The van der Waals surface area contributed by atoms with Crippen molar-refractivity contribution in [2.75, 3.05) is 5.73 Å². The van der Waals surface area contributed by atoms with E-state index >= 15 is 0 Å². The number of nitrogens with zero attached hydrogens (tertiary/aromatic N) is 1. The number of fused-ring (bicyclic) bond motifs is 1. The number of anilines is 1. The maximum atomic E-state index is 11.3. The van der Waals surface area contributed by atoms with Crippen LogP contribution in [0.2, 0.25) is 0 Å². The van der Waals surface area contributed by atoms with Gasteiger partial charge in [-0.15, -0.1) is 0 Å². The number of nitrogens with two attached hydrogens (primary N) is 1. The molecular formula is C8H7N3O. The van der Waals surface area contributed by atoms with Crippen molar-refractivity contribution >= 4 is 16.7 Å². The number of rotatable bonds is 0. The zero-order valence-electron chi connectivity index (χ0n) is 6.24. The highest BCUT2D eigenvalue weighted by Gasteiger charge is 1.97. The van der Waals surface area contributed by atoms with Crippen molar-refractivity contribution in [3.8, 4) is 0 Å². The molecule has 4 heteroatoms. The smallest absolute Gasteiger partial charge is 0.193 e. The Morgan fingerprint density at radius 2 is 2.33 bits per heavy atom. The van der Waals surface area contributed by atoms with Gasteiger partial charge in [0.05, 0.1) is 10.9 Å². The summed E-state index contributed by atoms with van der Waals surface area (Å²) in [4.78, 5) is 18.0. The Balaban J connectivity index is 2.99. The van der Waals surface area contributed by atoms with E-state index in [9.17, 15) is 4.79 Å². The van der Waals surface area contributed by atoms with Gasteiger partial charge in [-0.05, 0) is 6.07 Å². The molecule has 0 unspecified atom stereocenters. The number of hydrogen-bond acceptors (Lipinski definition) is 3. The second kappa shape index (κ2) is 2.34. The zero-order chi connectivity index (χ0) is 8.55. The maximum Gasteiger partial charge on any atom is 0.193 e. The number of nitrogen functional groups attached to an aromatic ring is 1. The first-order valence-corrected chi connectivity index (χ1v) is 3.50. The summed E-state index contributed by atoms with van der Waals surface area (Å²) >= 11 is 0. The first kappa shape index (κ1) is 6.84. The van der Waals surface area contributed by atoms with Crippen LogP contribution >= 0.6 is 0 Å². The summed E-state index contributed by atoms with van der Waals surface area (Å²) in [5.74, 6) is 0.374. The molecule has 0 aromatic carbocycles. The molecule has 2 heterocycles. The van der Waals surface area contributed by atoms with Crippen LogP contribution in [0, 0.1) is 0 Å². The molecule has 0 aliphatic heterocycles. The van der Waals surface area contributed by atoms with Crippen LogP contribution in [0.1, 0.15) is 0 Å². The summed E-state index contributed by atoms with van der Waals surface area (Å²) < 4.78 is 0. The molecular weight excluding hydrogens is 154 g/mol. The van der Waals surface area contributed by atoms with Gasteiger partial charge in [0.1, 0.15) is 5.82 Å². The largest absolute Gasteiger partial charge is 0.385 e. The van der Waals surface area contributed by atoms with Crippen molar-refractivity contribution < 1.29 is 0 Å². The Bertz CT molecular complexity index is 475. The molecule has 0 radical (unpaired) electrons. The summed E-state index contributed by atoms with van der Waals surface area (Å²) in [6, 6.07) is 3.07. The number of hydrogen-bond donors (Lipinski definition) is 2. The van der Waals surface area contributed by atoms with Crippen LogP contribution in [0.25, 0.3) is 10.9 Å². The average Bonchev–Trinajstić information content (AvgIpc) is 2.04. The minimum Gasteiger partial charge on any atom is -0.385 e. The van der Waals surface area contributed by atoms with E-state index in [1.54, 1.807) is 12.3 Å². The van der Waals surface area contributed by atoms with E-state index in [1.165, 1.54) is 12.3 Å². The average molecular weight is 161 g/mol. The Labute approximate surface area is 68.1 Å². The molecule has 0 saturated heterocycles. The Morgan fingerprint density at radius 1 is 1.50 bits per heavy atom. The fourth-order valence-corrected chi connectivity index (χ4v) is 1.11. The minimum absolute atomic E-state index is 0.102. The third kappa shape index (κ3) is 0.934. The van der Waals surface area contributed by atoms with Crippen molar-refractivity contribution in [3.05, 3.63) is 34.7 Å². The highest BCUT2D eigenvalue weighted by molar-refractivity contribution is 5.78. The molecule has 4 nitrogen and oxygen atoms in total. The second-order valence-electron chi connectivity index (χ2n) is 2.51. The van der Waals surface area contributed by atoms with Crippen LogP contribution in [0.4, 0.5) is 5.82 Å². The standard InChI is InChI=1S/C8H7N3O/c9-8-3-7(12)5-4-10-2-1-6(5)11-8/h1-4H,(H3,9,11,12). The molecule has 0 saturated carbocycles. The number of aromatic nitrogens is 2. The van der Waals surface area contributed by atoms with Crippen LogP contribution in [0.5, 0.6) is 0 Å². The van der Waals surface area contributed by atoms with Crippen LogP contribution in [-0.2, 0) is 0 Å². The van der Waals surface area contributed by atoms with E-state index in [1.807, 2.05) is 0 Å². The van der Waals surface area contributed by atoms with Crippen molar-refractivity contribution in [1.29, 1.82) is 0 Å². The molecule has 0 spiro atoms. The third-order valence-electron chi connectivity index (χ3n) is 1.65. The molecule has 2 rings (SSSR count). The lowest BCUT2D eigenvalue weighted by Gasteiger charge is -1.97. The molecule has 0 bridgehead atoms. The van der Waals surface area contributed by atoms with Gasteiger partial charge in [0.25, 0.3) is 0 Å². The number of nitrogens with one attached hydrogen (secondary N) is 1. The van der Waals surface area contributed by atoms with Crippen LogP contribution in [-0.4, -0.2) is 9.97 Å². The maximum absolute atomic E-state index is 11.3. The quantitative estimate of drug-likeness (QED) is 0.591. The molecule has 0 aliphatic carbocycles. The summed E-state index contributed by atoms with van der Waals surface area (Å²) in [7, 11) is 0. The van der Waals surface area contributed by atoms with Gasteiger partial charge in [-0.25, -0.2) is 0 Å². The molecule has 0 aliphatic rings. The van der Waals surface area contributed by atoms with Gasteiger partial charge in [-0.3, -0.25) is 9.78 Å². The third-order valence-corrected chi connectivity index (χ3v) is 1.65. The predicted molar refractivity (Wildman–Crippen MR) is 46.8 cm³/mol. The predicted octanol–water partition coefficient (Wildman–Crippen LogP) is 0.505. The zero-order valence-corrected chi connectivity index (χ0v) is 6.24. The summed E-state index contributed by atoms with van der Waals surface area (Å²) in [5, 5.41) is 0.562. The van der Waals surface area contributed by atoms with Gasteiger partial charge < -0.3 is 10.7 Å². The van der Waals surface area contributed by atoms with Crippen molar-refractivity contribution in [2.45, 2.75) is 0 Å². The van der Waals surface area contributed by atoms with Crippen LogP contribution in [0.3, 0.4) is 0 Å². The second-order valence-corrected chi connectivity index (χ2v) is 2.51. The van der Waals surface area contributed by atoms with Gasteiger partial charge in [-0.2, -0.15) is 0 Å². The van der Waals surface area contributed by atoms with Crippen molar-refractivity contribution in [2.24, 2.45) is 0 Å². The van der Waals surface area contributed by atoms with Gasteiger partial charge in [-0.1, -0.05) is 0 Å². The molecule has 3 N–H and O–H groups in total. The highest BCUT2D eigenvalue weighted by Crippen LogP contribution is 2.05. The monoisotopic (exact) mass is 161 g/mol. The van der Waals surface area contributed by atoms with Crippen LogP contribution in [0.15, 0.2) is 29.3 Å². The SMILES string of the molecule is Nc1cc(=O)c2cnccc2[nH]1. The normalized spacial score (nSPS) is 10.3. The van der Waals surface area contributed by atoms with Crippen LogP contribution < -0.4 is 11.2 Å². The Morgan fingerprint density at radius 3 is 3.17 bits per heavy atom. The topological polar surface area (TPSA) is 71.8 Å². The fourth-order valence-electron chi connectivity index (χ4n) is 1.11. The van der Waals surface area contributed by atoms with Gasteiger partial charge in [0, 0.05) is 18.5 Å². The van der Waals surface area contributed by atoms with E-state index in [4.69, 9.17) is 5.73 Å². The number of aromatic amines is 1. The molecule has 2 aromatic heterocycles. The number of H-pyrrole nitrogens is 1. The van der Waals surface area contributed by atoms with Gasteiger partial charge >= 0.3 is 0 Å². The Kier molecular flexibility index (Phi) is 1.33. The van der Waals surface area contributed by atoms with E-state index in [-0.39, 0.29) is 5.43 Å². The van der Waals surface area contributed by atoms with Gasteiger partial charge in [0.2, 0.25) is 0 Å². The highest BCUT2D eigenvalue weighted by atomic mass is 16.1. The lowest BCUT2D eigenvalue weighted by atomic mass is 10.2. The van der Waals surface area contributed by atoms with E-state index in [2.05, 4.69) is 9.97 Å². The minimum atomic E-state index is -0.102. The fraction of sp³-hybridized carbons (Fsp3) is 0. The molecule has 2 aromatic rings. The van der Waals surface area contributed by atoms with Crippen molar-refractivity contribution in [1.82, 2.24) is 9.97 Å². The summed E-state index contributed by atoms with van der Waals surface area (Å²) in [6.45, 7) is 0. The summed E-state index contributed by atoms with van der Waals surface area (Å²) in [6.07, 6.45) is 3.13. The molecule has 0 atom stereocenters. The van der Waals surface area contributed by atoms with Crippen molar-refractivity contribution in [3.63, 3.8) is 0 Å². The van der Waals surface area contributed by atoms with Gasteiger partial charge in [0.15, 0.2) is 5.43 Å². The molecule has 12 heavy (non-hydrogen) atoms. The molecule has 60 valence electrons. The summed E-state index contributed by atoms with van der Waals surface area (Å²) in [5.41, 5.74) is 6.06. The Hall–Kier alpha value is -1.84. The first-order valence-electron chi connectivity index (χ1n) is 3.50. The van der Waals surface area contributed by atoms with E-state index < -0.39 is 0 Å². The molecule has 0 fully saturated rings. The number of pyridine rings is 2. The lowest BCUT2D eigenvalue weighted by molar-refractivity contribution is 1.32. The first-order chi connectivity index (χ1) is 5.77. The van der Waals surface area contributed by atoms with E-state index in [0.717, 1.165) is 5.52 Å². The molecule has 0 amide bonds. The lowest BCUT2D eigenvalue weighted by Crippen LogP contribution is -2.04.